The quantitative estimate of drug-likeness (QED) is 0.651. The topological polar surface area (TPSA) is 9.23 Å². The Morgan fingerprint density at radius 3 is 2.81 bits per heavy atom. The zero-order valence-electron chi connectivity index (χ0n) is 13.5. The fraction of sp³-hybridized carbons (Fsp3) is 0.600. The molecule has 0 amide bonds. The van der Waals surface area contributed by atoms with Gasteiger partial charge in [-0.3, -0.25) is 0 Å². The van der Waals surface area contributed by atoms with Crippen LogP contribution in [0.1, 0.15) is 56.6 Å². The fourth-order valence-corrected chi connectivity index (χ4v) is 5.46. The molecule has 1 heteroatoms. The summed E-state index contributed by atoms with van der Waals surface area (Å²) in [5.74, 6) is 4.37. The van der Waals surface area contributed by atoms with Crippen LogP contribution < -0.4 is 4.74 Å². The predicted octanol–water partition coefficient (Wildman–Crippen LogP) is 5.11. The number of fused-ring (bicyclic) bond motifs is 5. The van der Waals surface area contributed by atoms with Crippen molar-refractivity contribution < 1.29 is 4.74 Å². The molecular formula is C20H26O. The second kappa shape index (κ2) is 4.90. The first kappa shape index (κ1) is 13.4. The lowest BCUT2D eigenvalue weighted by molar-refractivity contribution is 0.184. The van der Waals surface area contributed by atoms with Crippen LogP contribution in [0.5, 0.6) is 5.75 Å². The maximum Gasteiger partial charge on any atom is 0.119 e. The summed E-state index contributed by atoms with van der Waals surface area (Å²) in [5, 5.41) is 0. The van der Waals surface area contributed by atoms with E-state index in [4.69, 9.17) is 4.74 Å². The maximum absolute atomic E-state index is 5.42. The molecule has 0 saturated heterocycles. The lowest BCUT2D eigenvalue weighted by atomic mass is 9.58. The lowest BCUT2D eigenvalue weighted by Crippen LogP contribution is -2.36. The van der Waals surface area contributed by atoms with Crippen molar-refractivity contribution in [2.75, 3.05) is 7.11 Å². The molecule has 3 aliphatic carbocycles. The molecule has 0 radical (unpaired) electrons. The fourth-order valence-electron chi connectivity index (χ4n) is 5.46. The zero-order chi connectivity index (χ0) is 14.6. The van der Waals surface area contributed by atoms with Crippen molar-refractivity contribution in [3.63, 3.8) is 0 Å². The zero-order valence-corrected chi connectivity index (χ0v) is 13.5. The molecule has 0 N–H and O–H groups in total. The Morgan fingerprint density at radius 1 is 1.14 bits per heavy atom. The number of benzene rings is 1. The van der Waals surface area contributed by atoms with E-state index < -0.39 is 0 Å². The summed E-state index contributed by atoms with van der Waals surface area (Å²) < 4.78 is 5.42. The van der Waals surface area contributed by atoms with Crippen molar-refractivity contribution in [3.8, 4) is 5.75 Å². The number of hydrogen-bond acceptors (Lipinski definition) is 1. The maximum atomic E-state index is 5.42. The van der Waals surface area contributed by atoms with Gasteiger partial charge < -0.3 is 4.74 Å². The van der Waals surface area contributed by atoms with Crippen molar-refractivity contribution in [3.05, 3.63) is 40.5 Å². The van der Waals surface area contributed by atoms with Gasteiger partial charge in [0.05, 0.1) is 7.11 Å². The molecule has 4 atom stereocenters. The molecule has 1 fully saturated rings. The summed E-state index contributed by atoms with van der Waals surface area (Å²) in [6, 6.07) is 6.81. The van der Waals surface area contributed by atoms with Crippen LogP contribution in [0, 0.1) is 17.8 Å². The minimum Gasteiger partial charge on any atom is -0.497 e. The molecule has 112 valence electrons. The van der Waals surface area contributed by atoms with Gasteiger partial charge in [-0.15, -0.1) is 0 Å². The number of methoxy groups -OCH3 is 1. The third-order valence-corrected chi connectivity index (χ3v) is 6.42. The summed E-state index contributed by atoms with van der Waals surface area (Å²) in [7, 11) is 1.77. The Morgan fingerprint density at radius 2 is 2.00 bits per heavy atom. The minimum atomic E-state index is 0.777. The molecular weight excluding hydrogens is 256 g/mol. The van der Waals surface area contributed by atoms with Crippen LogP contribution in [0.25, 0.3) is 0 Å². The first-order valence-electron chi connectivity index (χ1n) is 8.54. The third-order valence-electron chi connectivity index (χ3n) is 6.42. The van der Waals surface area contributed by atoms with E-state index in [2.05, 4.69) is 32.0 Å². The Kier molecular flexibility index (Phi) is 3.13. The van der Waals surface area contributed by atoms with Crippen LogP contribution in [0.3, 0.4) is 0 Å². The van der Waals surface area contributed by atoms with Crippen LogP contribution in [0.2, 0.25) is 0 Å². The van der Waals surface area contributed by atoms with E-state index in [-0.39, 0.29) is 0 Å². The molecule has 4 rings (SSSR count). The molecule has 0 aromatic heterocycles. The van der Waals surface area contributed by atoms with E-state index >= 15 is 0 Å². The highest BCUT2D eigenvalue weighted by Gasteiger charge is 2.45. The van der Waals surface area contributed by atoms with Gasteiger partial charge in [-0.2, -0.15) is 0 Å². The average Bonchev–Trinajstić information content (AvgIpc) is 2.87. The van der Waals surface area contributed by atoms with Crippen LogP contribution in [0.15, 0.2) is 29.3 Å². The number of aryl methyl sites for hydroxylation is 1. The van der Waals surface area contributed by atoms with E-state index in [1.165, 1.54) is 32.1 Å². The van der Waals surface area contributed by atoms with Gasteiger partial charge in [-0.05, 0) is 86.0 Å². The van der Waals surface area contributed by atoms with Gasteiger partial charge in [0.25, 0.3) is 0 Å². The van der Waals surface area contributed by atoms with Gasteiger partial charge in [0.1, 0.15) is 5.75 Å². The number of hydrogen-bond donors (Lipinski definition) is 0. The molecule has 0 aliphatic heterocycles. The number of ether oxygens (including phenoxy) is 1. The van der Waals surface area contributed by atoms with Gasteiger partial charge in [0.2, 0.25) is 0 Å². The normalized spacial score (nSPS) is 34.2. The largest absolute Gasteiger partial charge is 0.497 e. The van der Waals surface area contributed by atoms with Crippen LogP contribution in [0.4, 0.5) is 0 Å². The smallest absolute Gasteiger partial charge is 0.119 e. The second-order valence-corrected chi connectivity index (χ2v) is 7.43. The van der Waals surface area contributed by atoms with Crippen molar-refractivity contribution in [2.45, 2.75) is 51.9 Å². The molecule has 21 heavy (non-hydrogen) atoms. The highest BCUT2D eigenvalue weighted by atomic mass is 16.5. The van der Waals surface area contributed by atoms with Crippen molar-refractivity contribution in [1.82, 2.24) is 0 Å². The number of rotatable bonds is 1. The van der Waals surface area contributed by atoms with E-state index in [0.717, 1.165) is 29.4 Å². The molecule has 1 aromatic carbocycles. The average molecular weight is 282 g/mol. The highest BCUT2D eigenvalue weighted by molar-refractivity contribution is 5.42. The van der Waals surface area contributed by atoms with Crippen LogP contribution >= 0.6 is 0 Å². The molecule has 3 aliphatic rings. The van der Waals surface area contributed by atoms with Crippen molar-refractivity contribution in [1.29, 1.82) is 0 Å². The van der Waals surface area contributed by atoms with Gasteiger partial charge in [0.15, 0.2) is 0 Å². The highest BCUT2D eigenvalue weighted by Crippen LogP contribution is 2.56. The molecule has 1 aromatic rings. The van der Waals surface area contributed by atoms with E-state index in [1.807, 2.05) is 5.57 Å². The van der Waals surface area contributed by atoms with Gasteiger partial charge >= 0.3 is 0 Å². The molecule has 1 nitrogen and oxygen atoms in total. The Balaban J connectivity index is 1.75. The molecule has 0 spiro atoms. The van der Waals surface area contributed by atoms with Gasteiger partial charge in [0, 0.05) is 0 Å². The third kappa shape index (κ3) is 1.97. The SMILES string of the molecule is COc1ccc2c(c1)CC[C@H]1[C@@H]2[C@H](C)CC2=C(C)CC[C@H]21. The van der Waals surface area contributed by atoms with Gasteiger partial charge in [-0.25, -0.2) is 0 Å². The van der Waals surface area contributed by atoms with Crippen molar-refractivity contribution >= 4 is 0 Å². The Hall–Kier alpha value is -1.24. The monoisotopic (exact) mass is 282 g/mol. The Labute approximate surface area is 128 Å². The van der Waals surface area contributed by atoms with Gasteiger partial charge in [-0.1, -0.05) is 24.1 Å². The summed E-state index contributed by atoms with van der Waals surface area (Å²) in [5.41, 5.74) is 6.72. The summed E-state index contributed by atoms with van der Waals surface area (Å²) in [6.45, 7) is 4.86. The first-order chi connectivity index (χ1) is 10.2. The first-order valence-corrected chi connectivity index (χ1v) is 8.54. The second-order valence-electron chi connectivity index (χ2n) is 7.43. The molecule has 1 saturated carbocycles. The summed E-state index contributed by atoms with van der Waals surface area (Å²) in [6.07, 6.45) is 6.72. The lowest BCUT2D eigenvalue weighted by Gasteiger charge is -2.46. The number of allylic oxidation sites excluding steroid dienone is 2. The minimum absolute atomic E-state index is 0.777. The molecule has 0 bridgehead atoms. The standard InChI is InChI=1S/C20H26O/c1-12-4-7-17-18-8-5-14-11-15(21-3)6-9-16(14)20(18)13(2)10-19(12)17/h6,9,11,13,17-18,20H,4-5,7-8,10H2,1-3H3/t13-,17+,18-,20-/m1/s1. The summed E-state index contributed by atoms with van der Waals surface area (Å²) in [4.78, 5) is 0. The van der Waals surface area contributed by atoms with E-state index in [1.54, 1.807) is 23.8 Å². The summed E-state index contributed by atoms with van der Waals surface area (Å²) >= 11 is 0. The van der Waals surface area contributed by atoms with Crippen LogP contribution in [-0.2, 0) is 6.42 Å². The van der Waals surface area contributed by atoms with E-state index in [0.29, 0.717) is 0 Å². The van der Waals surface area contributed by atoms with Crippen LogP contribution in [-0.4, -0.2) is 7.11 Å². The molecule has 0 heterocycles. The van der Waals surface area contributed by atoms with Crippen molar-refractivity contribution in [2.24, 2.45) is 17.8 Å². The molecule has 0 unspecified atom stereocenters. The predicted molar refractivity (Wildman–Crippen MR) is 86.8 cm³/mol. The Bertz CT molecular complexity index is 598. The van der Waals surface area contributed by atoms with E-state index in [9.17, 15) is 0 Å².